The SMILES string of the molecule is CC(C)(C)OC(=O)N1CCCc2c(Cl)cc(Cl)nc21. The summed E-state index contributed by atoms with van der Waals surface area (Å²) < 4.78 is 5.37. The van der Waals surface area contributed by atoms with Gasteiger partial charge >= 0.3 is 6.09 Å². The van der Waals surface area contributed by atoms with E-state index in [2.05, 4.69) is 4.98 Å². The van der Waals surface area contributed by atoms with Crippen LogP contribution in [0.4, 0.5) is 10.6 Å². The number of fused-ring (bicyclic) bond motifs is 1. The maximum atomic E-state index is 12.2. The molecule has 0 spiro atoms. The fourth-order valence-corrected chi connectivity index (χ4v) is 2.50. The van der Waals surface area contributed by atoms with E-state index < -0.39 is 11.7 Å². The molecule has 2 rings (SSSR count). The van der Waals surface area contributed by atoms with Crippen molar-refractivity contribution in [3.8, 4) is 0 Å². The maximum absolute atomic E-state index is 12.2. The summed E-state index contributed by atoms with van der Waals surface area (Å²) in [7, 11) is 0. The summed E-state index contributed by atoms with van der Waals surface area (Å²) in [6.07, 6.45) is 1.20. The number of carbonyl (C=O) groups excluding carboxylic acids is 1. The van der Waals surface area contributed by atoms with Crippen molar-refractivity contribution in [2.45, 2.75) is 39.2 Å². The average Bonchev–Trinajstić information content (AvgIpc) is 2.25. The molecule has 4 nitrogen and oxygen atoms in total. The molecule has 1 aliphatic rings. The molecule has 0 aromatic carbocycles. The highest BCUT2D eigenvalue weighted by molar-refractivity contribution is 6.35. The van der Waals surface area contributed by atoms with Gasteiger partial charge in [-0.3, -0.25) is 4.90 Å². The van der Waals surface area contributed by atoms with Gasteiger partial charge in [-0.25, -0.2) is 9.78 Å². The first-order chi connectivity index (χ1) is 8.78. The number of nitrogens with zero attached hydrogens (tertiary/aromatic N) is 2. The van der Waals surface area contributed by atoms with Gasteiger partial charge in [0.15, 0.2) is 0 Å². The molecule has 1 aliphatic heterocycles. The highest BCUT2D eigenvalue weighted by atomic mass is 35.5. The van der Waals surface area contributed by atoms with Gasteiger partial charge in [0.1, 0.15) is 16.6 Å². The van der Waals surface area contributed by atoms with Crippen LogP contribution in [0.25, 0.3) is 0 Å². The van der Waals surface area contributed by atoms with Crippen LogP contribution >= 0.6 is 23.2 Å². The Bertz CT molecular complexity index is 512. The number of hydrogen-bond donors (Lipinski definition) is 0. The number of rotatable bonds is 0. The van der Waals surface area contributed by atoms with Crippen molar-refractivity contribution < 1.29 is 9.53 Å². The quantitative estimate of drug-likeness (QED) is 0.678. The first-order valence-corrected chi connectivity index (χ1v) is 6.89. The Balaban J connectivity index is 2.34. The number of halogens is 2. The minimum atomic E-state index is -0.545. The maximum Gasteiger partial charge on any atom is 0.416 e. The molecule has 104 valence electrons. The van der Waals surface area contributed by atoms with E-state index in [1.807, 2.05) is 20.8 Å². The van der Waals surface area contributed by atoms with Crippen LogP contribution in [0.2, 0.25) is 10.2 Å². The monoisotopic (exact) mass is 302 g/mol. The molecule has 19 heavy (non-hydrogen) atoms. The molecule has 0 saturated heterocycles. The number of amides is 1. The van der Waals surface area contributed by atoms with Gasteiger partial charge in [0.25, 0.3) is 0 Å². The summed E-state index contributed by atoms with van der Waals surface area (Å²) in [6.45, 7) is 6.04. The Morgan fingerprint density at radius 2 is 2.11 bits per heavy atom. The van der Waals surface area contributed by atoms with E-state index in [-0.39, 0.29) is 5.15 Å². The van der Waals surface area contributed by atoms with Crippen LogP contribution < -0.4 is 4.90 Å². The third-order valence-electron chi connectivity index (χ3n) is 2.69. The van der Waals surface area contributed by atoms with E-state index in [0.717, 1.165) is 18.4 Å². The van der Waals surface area contributed by atoms with Gasteiger partial charge in [-0.05, 0) is 39.7 Å². The molecule has 0 atom stereocenters. The molecule has 0 fully saturated rings. The summed E-state index contributed by atoms with van der Waals surface area (Å²) in [5.74, 6) is 0.512. The van der Waals surface area contributed by atoms with E-state index in [1.54, 1.807) is 6.07 Å². The zero-order chi connectivity index (χ0) is 14.2. The van der Waals surface area contributed by atoms with Crippen molar-refractivity contribution in [2.24, 2.45) is 0 Å². The predicted octanol–water partition coefficient (Wildman–Crippen LogP) is 4.08. The third kappa shape index (κ3) is 3.31. The molecule has 0 aliphatic carbocycles. The average molecular weight is 303 g/mol. The molecule has 0 N–H and O–H groups in total. The number of anilines is 1. The zero-order valence-corrected chi connectivity index (χ0v) is 12.7. The first kappa shape index (κ1) is 14.4. The van der Waals surface area contributed by atoms with Gasteiger partial charge in [-0.2, -0.15) is 0 Å². The molecule has 0 saturated carbocycles. The second-order valence-electron chi connectivity index (χ2n) is 5.46. The first-order valence-electron chi connectivity index (χ1n) is 6.13. The predicted molar refractivity (Wildman–Crippen MR) is 76.2 cm³/mol. The van der Waals surface area contributed by atoms with Crippen molar-refractivity contribution in [1.82, 2.24) is 4.98 Å². The number of hydrogen-bond acceptors (Lipinski definition) is 3. The molecular weight excluding hydrogens is 287 g/mol. The lowest BCUT2D eigenvalue weighted by Crippen LogP contribution is -2.40. The fraction of sp³-hybridized carbons (Fsp3) is 0.538. The molecule has 1 amide bonds. The molecule has 2 heterocycles. The molecule has 0 bridgehead atoms. The molecule has 1 aromatic rings. The van der Waals surface area contributed by atoms with E-state index in [4.69, 9.17) is 27.9 Å². The summed E-state index contributed by atoms with van der Waals surface area (Å²) in [4.78, 5) is 17.9. The Hall–Kier alpha value is -1.000. The van der Waals surface area contributed by atoms with Crippen molar-refractivity contribution in [1.29, 1.82) is 0 Å². The Morgan fingerprint density at radius 1 is 1.42 bits per heavy atom. The molecule has 0 unspecified atom stereocenters. The molecule has 6 heteroatoms. The van der Waals surface area contributed by atoms with Gasteiger partial charge in [0.2, 0.25) is 0 Å². The zero-order valence-electron chi connectivity index (χ0n) is 11.2. The number of pyridine rings is 1. The number of aromatic nitrogens is 1. The lowest BCUT2D eigenvalue weighted by molar-refractivity contribution is 0.0576. The van der Waals surface area contributed by atoms with Crippen LogP contribution in [0.3, 0.4) is 0 Å². The largest absolute Gasteiger partial charge is 0.443 e. The Kier molecular flexibility index (Phi) is 3.92. The van der Waals surface area contributed by atoms with E-state index >= 15 is 0 Å². The summed E-state index contributed by atoms with van der Waals surface area (Å²) in [5.41, 5.74) is 0.306. The second kappa shape index (κ2) is 5.17. The lowest BCUT2D eigenvalue weighted by atomic mass is 10.1. The smallest absolute Gasteiger partial charge is 0.416 e. The van der Waals surface area contributed by atoms with E-state index in [1.165, 1.54) is 4.90 Å². The van der Waals surface area contributed by atoms with Gasteiger partial charge in [0, 0.05) is 12.1 Å². The highest BCUT2D eigenvalue weighted by Crippen LogP contribution is 2.33. The highest BCUT2D eigenvalue weighted by Gasteiger charge is 2.29. The van der Waals surface area contributed by atoms with Crippen molar-refractivity contribution in [2.75, 3.05) is 11.4 Å². The van der Waals surface area contributed by atoms with Crippen LogP contribution in [-0.4, -0.2) is 23.2 Å². The normalized spacial score (nSPS) is 15.1. The molecular formula is C13H16Cl2N2O2. The van der Waals surface area contributed by atoms with Crippen LogP contribution in [0.5, 0.6) is 0 Å². The van der Waals surface area contributed by atoms with Crippen LogP contribution in [0, 0.1) is 0 Å². The standard InChI is InChI=1S/C13H16Cl2N2O2/c1-13(2,3)19-12(18)17-6-4-5-8-9(14)7-10(15)16-11(8)17/h7H,4-6H2,1-3H3. The van der Waals surface area contributed by atoms with Gasteiger partial charge in [-0.15, -0.1) is 0 Å². The van der Waals surface area contributed by atoms with Crippen LogP contribution in [0.1, 0.15) is 32.8 Å². The van der Waals surface area contributed by atoms with Crippen molar-refractivity contribution >= 4 is 35.1 Å². The Morgan fingerprint density at radius 3 is 2.74 bits per heavy atom. The van der Waals surface area contributed by atoms with Gasteiger partial charge in [0.05, 0.1) is 5.02 Å². The second-order valence-corrected chi connectivity index (χ2v) is 6.26. The summed E-state index contributed by atoms with van der Waals surface area (Å²) in [6, 6.07) is 1.60. The Labute approximate surface area is 122 Å². The number of carbonyl (C=O) groups is 1. The summed E-state index contributed by atoms with van der Waals surface area (Å²) >= 11 is 12.1. The fourth-order valence-electron chi connectivity index (χ4n) is 1.97. The summed E-state index contributed by atoms with van der Waals surface area (Å²) in [5, 5.41) is 0.822. The van der Waals surface area contributed by atoms with E-state index in [0.29, 0.717) is 17.4 Å². The van der Waals surface area contributed by atoms with Gasteiger partial charge in [-0.1, -0.05) is 23.2 Å². The molecule has 1 aromatic heterocycles. The van der Waals surface area contributed by atoms with E-state index in [9.17, 15) is 4.79 Å². The van der Waals surface area contributed by atoms with Crippen LogP contribution in [-0.2, 0) is 11.2 Å². The lowest BCUT2D eigenvalue weighted by Gasteiger charge is -2.31. The van der Waals surface area contributed by atoms with Crippen molar-refractivity contribution in [3.05, 3.63) is 21.8 Å². The topological polar surface area (TPSA) is 42.4 Å². The number of ether oxygens (including phenoxy) is 1. The third-order valence-corrected chi connectivity index (χ3v) is 3.23. The minimum Gasteiger partial charge on any atom is -0.443 e. The van der Waals surface area contributed by atoms with Crippen molar-refractivity contribution in [3.63, 3.8) is 0 Å². The molecule has 0 radical (unpaired) electrons. The van der Waals surface area contributed by atoms with Gasteiger partial charge < -0.3 is 4.74 Å². The van der Waals surface area contributed by atoms with Crippen LogP contribution in [0.15, 0.2) is 6.07 Å². The minimum absolute atomic E-state index is 0.277.